The molecule has 4 N–H and O–H groups in total. The topological polar surface area (TPSA) is 148 Å². The number of esters is 1. The van der Waals surface area contributed by atoms with E-state index in [4.69, 9.17) is 26.8 Å². The number of carbonyl (C=O) groups is 4. The highest BCUT2D eigenvalue weighted by Gasteiger charge is 2.61. The molecule has 0 aromatic heterocycles. The quantitative estimate of drug-likeness (QED) is 0.175. The minimum Gasteiger partial charge on any atom is -0.497 e. The van der Waals surface area contributed by atoms with Crippen LogP contribution in [0.2, 0.25) is 0 Å². The van der Waals surface area contributed by atoms with E-state index in [0.29, 0.717) is 16.9 Å². The van der Waals surface area contributed by atoms with E-state index in [2.05, 4.69) is 5.32 Å². The van der Waals surface area contributed by atoms with Gasteiger partial charge in [-0.05, 0) is 49.6 Å². The molecule has 0 aliphatic carbocycles. The van der Waals surface area contributed by atoms with Crippen LogP contribution in [-0.4, -0.2) is 63.6 Å². The lowest BCUT2D eigenvalue weighted by atomic mass is 9.70. The lowest BCUT2D eigenvalue weighted by Crippen LogP contribution is -2.74. The lowest BCUT2D eigenvalue weighted by Gasteiger charge is -2.54. The largest absolute Gasteiger partial charge is 0.497 e. The minimum atomic E-state index is -2.32. The van der Waals surface area contributed by atoms with Crippen LogP contribution in [0.3, 0.4) is 0 Å². The van der Waals surface area contributed by atoms with Gasteiger partial charge in [0.2, 0.25) is 5.54 Å². The smallest absolute Gasteiger partial charge is 0.341 e. The fourth-order valence-electron chi connectivity index (χ4n) is 5.72. The Morgan fingerprint density at radius 2 is 1.48 bits per heavy atom. The number of nitrogens with one attached hydrogen (secondary N) is 1. The Labute approximate surface area is 275 Å². The van der Waals surface area contributed by atoms with Gasteiger partial charge >= 0.3 is 11.9 Å². The molecule has 5 rings (SSSR count). The number of fused-ring (bicyclic) bond motifs is 1. The second-order valence-electron chi connectivity index (χ2n) is 11.9. The maximum absolute atomic E-state index is 14.0. The van der Waals surface area contributed by atoms with Crippen molar-refractivity contribution >= 4 is 47.1 Å². The Morgan fingerprint density at radius 3 is 1.96 bits per heavy atom. The molecule has 2 aliphatic rings. The first kappa shape index (κ1) is 33.1. The van der Waals surface area contributed by atoms with E-state index in [1.807, 2.05) is 0 Å². The molecular formula is C34H34ClN3O7S. The molecule has 0 radical (unpaired) electrons. The molecular weight excluding hydrogens is 630 g/mol. The summed E-state index contributed by atoms with van der Waals surface area (Å²) in [4.78, 5) is 56.3. The molecule has 0 saturated carbocycles. The first-order chi connectivity index (χ1) is 21.8. The van der Waals surface area contributed by atoms with Gasteiger partial charge in [-0.15, -0.1) is 11.8 Å². The van der Waals surface area contributed by atoms with Gasteiger partial charge in [0.05, 0.1) is 12.8 Å². The number of amides is 2. The minimum absolute atomic E-state index is 0.0969. The zero-order valence-electron chi connectivity index (χ0n) is 25.7. The van der Waals surface area contributed by atoms with Crippen LogP contribution in [0.25, 0.3) is 0 Å². The number of carbonyl (C=O) groups excluding carboxylic acids is 3. The zero-order valence-corrected chi connectivity index (χ0v) is 27.2. The zero-order chi connectivity index (χ0) is 33.4. The van der Waals surface area contributed by atoms with E-state index >= 15 is 0 Å². The molecule has 3 atom stereocenters. The van der Waals surface area contributed by atoms with Crippen LogP contribution in [0.1, 0.15) is 37.5 Å². The number of hydrogen-bond acceptors (Lipinski definition) is 8. The number of carboxylic acid groups (broad SMARTS) is 1. The van der Waals surface area contributed by atoms with Gasteiger partial charge in [0, 0.05) is 10.8 Å². The van der Waals surface area contributed by atoms with Crippen molar-refractivity contribution in [1.29, 1.82) is 0 Å². The molecule has 1 saturated heterocycles. The number of carboxylic acids is 1. The molecule has 2 aliphatic heterocycles. The first-order valence-electron chi connectivity index (χ1n) is 14.4. The van der Waals surface area contributed by atoms with Gasteiger partial charge < -0.3 is 25.6 Å². The third-order valence-electron chi connectivity index (χ3n) is 7.92. The van der Waals surface area contributed by atoms with Crippen molar-refractivity contribution < 1.29 is 33.8 Å². The highest BCUT2D eigenvalue weighted by molar-refractivity contribution is 8.00. The monoisotopic (exact) mass is 663 g/mol. The number of rotatable bonds is 9. The van der Waals surface area contributed by atoms with Crippen molar-refractivity contribution in [3.05, 3.63) is 112 Å². The third kappa shape index (κ3) is 5.52. The molecule has 240 valence electrons. The molecule has 1 fully saturated rings. The van der Waals surface area contributed by atoms with Crippen LogP contribution >= 0.6 is 23.4 Å². The predicted octanol–water partition coefficient (Wildman–Crippen LogP) is 4.11. The van der Waals surface area contributed by atoms with E-state index < -0.39 is 51.7 Å². The Balaban J connectivity index is 1.54. The second kappa shape index (κ2) is 12.5. The fraction of sp³-hybridized carbons (Fsp3) is 0.294. The van der Waals surface area contributed by atoms with Gasteiger partial charge in [0.25, 0.3) is 11.8 Å². The average molecular weight is 664 g/mol. The number of halogens is 1. The molecule has 2 heterocycles. The fourth-order valence-corrected chi connectivity index (χ4v) is 7.33. The summed E-state index contributed by atoms with van der Waals surface area (Å²) in [5, 5.41) is 13.1. The van der Waals surface area contributed by atoms with Crippen LogP contribution < -0.4 is 15.8 Å². The molecule has 3 aromatic carbocycles. The molecule has 2 amide bonds. The highest BCUT2D eigenvalue weighted by Crippen LogP contribution is 2.51. The Bertz CT molecular complexity index is 1650. The Kier molecular flexibility index (Phi) is 8.96. The van der Waals surface area contributed by atoms with Gasteiger partial charge in [-0.3, -0.25) is 19.3 Å². The number of methoxy groups -OCH3 is 1. The van der Waals surface area contributed by atoms with Gasteiger partial charge in [-0.2, -0.15) is 0 Å². The SMILES string of the molecule is COc1ccc([C@@](N)(C(=O)NC2C(=O)N3C(C(C(=O)O)(c4ccccc4)c4ccccc4)=C(Cl)CSC23)C(=O)OC(C)(C)C)cc1. The summed E-state index contributed by atoms with van der Waals surface area (Å²) in [5.74, 6) is -3.14. The third-order valence-corrected chi connectivity index (χ3v) is 9.67. The van der Waals surface area contributed by atoms with E-state index in [1.165, 1.54) is 35.9 Å². The molecule has 10 nitrogen and oxygen atoms in total. The molecule has 0 spiro atoms. The number of β-lactam (4-membered cyclic amide) rings is 1. The number of thioether (sulfide) groups is 1. The summed E-state index contributed by atoms with van der Waals surface area (Å²) in [6, 6.07) is 22.1. The average Bonchev–Trinajstić information content (AvgIpc) is 3.04. The van der Waals surface area contributed by atoms with Crippen molar-refractivity contribution in [3.63, 3.8) is 0 Å². The van der Waals surface area contributed by atoms with Gasteiger partial charge in [0.15, 0.2) is 5.41 Å². The first-order valence-corrected chi connectivity index (χ1v) is 15.9. The number of nitrogens with two attached hydrogens (primary N) is 1. The number of ether oxygens (including phenoxy) is 2. The van der Waals surface area contributed by atoms with Crippen molar-refractivity contribution in [2.75, 3.05) is 12.9 Å². The van der Waals surface area contributed by atoms with Gasteiger partial charge in [-0.25, -0.2) is 4.79 Å². The standard InChI is InChI=1S/C34H34ClN3O7S/c1-32(2,3)45-31(43)34(36,22-15-17-23(44-4)18-16-22)29(40)37-25-27(39)38-26(24(35)19-46-28(25)38)33(30(41)42,20-11-7-5-8-12-20)21-13-9-6-10-14-21/h5-18,25,28H,19,36H2,1-4H3,(H,37,40)(H,41,42)/t25?,28?,34-/m1/s1. The summed E-state index contributed by atoms with van der Waals surface area (Å²) in [7, 11) is 1.48. The van der Waals surface area contributed by atoms with Crippen LogP contribution in [0.15, 0.2) is 95.7 Å². The van der Waals surface area contributed by atoms with Crippen LogP contribution in [0.5, 0.6) is 5.75 Å². The summed E-state index contributed by atoms with van der Waals surface area (Å²) in [6.07, 6.45) is 0. The normalized spacial score (nSPS) is 19.3. The predicted molar refractivity (Wildman–Crippen MR) is 174 cm³/mol. The van der Waals surface area contributed by atoms with Crippen LogP contribution in [-0.2, 0) is 34.9 Å². The van der Waals surface area contributed by atoms with Gasteiger partial charge in [-0.1, -0.05) is 84.4 Å². The van der Waals surface area contributed by atoms with E-state index in [9.17, 15) is 24.3 Å². The lowest BCUT2D eigenvalue weighted by molar-refractivity contribution is -0.166. The number of hydrogen-bond donors (Lipinski definition) is 3. The summed E-state index contributed by atoms with van der Waals surface area (Å²) < 4.78 is 10.8. The van der Waals surface area contributed by atoms with E-state index in [0.717, 1.165) is 0 Å². The highest BCUT2D eigenvalue weighted by atomic mass is 35.5. The molecule has 0 bridgehead atoms. The van der Waals surface area contributed by atoms with E-state index in [1.54, 1.807) is 93.6 Å². The van der Waals surface area contributed by atoms with Crippen molar-refractivity contribution in [1.82, 2.24) is 10.2 Å². The maximum Gasteiger partial charge on any atom is 0.341 e. The Morgan fingerprint density at radius 1 is 0.935 bits per heavy atom. The molecule has 46 heavy (non-hydrogen) atoms. The van der Waals surface area contributed by atoms with E-state index in [-0.39, 0.29) is 22.0 Å². The van der Waals surface area contributed by atoms with Crippen molar-refractivity contribution in [3.8, 4) is 5.75 Å². The second-order valence-corrected chi connectivity index (χ2v) is 13.5. The molecule has 2 unspecified atom stereocenters. The summed E-state index contributed by atoms with van der Waals surface area (Å²) >= 11 is 8.09. The molecule has 12 heteroatoms. The molecule has 3 aromatic rings. The van der Waals surface area contributed by atoms with Crippen molar-refractivity contribution in [2.45, 2.75) is 48.7 Å². The summed E-state index contributed by atoms with van der Waals surface area (Å²) in [5.41, 5.74) is 2.47. The summed E-state index contributed by atoms with van der Waals surface area (Å²) in [6.45, 7) is 4.94. The van der Waals surface area contributed by atoms with Crippen LogP contribution in [0, 0.1) is 0 Å². The number of benzene rings is 3. The maximum atomic E-state index is 14.0. The number of aliphatic carboxylic acids is 1. The van der Waals surface area contributed by atoms with Crippen LogP contribution in [0.4, 0.5) is 0 Å². The number of nitrogens with zero attached hydrogens (tertiary/aromatic N) is 1. The Hall–Kier alpha value is -4.32. The van der Waals surface area contributed by atoms with Crippen molar-refractivity contribution in [2.24, 2.45) is 5.73 Å². The van der Waals surface area contributed by atoms with Gasteiger partial charge in [0.1, 0.15) is 22.8 Å².